The van der Waals surface area contributed by atoms with Gasteiger partial charge in [0.2, 0.25) is 0 Å². The topological polar surface area (TPSA) is 20.3 Å². The molecule has 5 atom stereocenters. The van der Waals surface area contributed by atoms with Crippen molar-refractivity contribution in [3.63, 3.8) is 0 Å². The zero-order chi connectivity index (χ0) is 12.6. The normalized spacial score (nSPS) is 41.9. The first kappa shape index (κ1) is 13.1. The first-order chi connectivity index (χ1) is 7.97. The smallest absolute Gasteiger partial charge is 0.137 e. The third kappa shape index (κ3) is 3.31. The lowest BCUT2D eigenvalue weighted by molar-refractivity contribution is -0.128. The van der Waals surface area contributed by atoms with Crippen molar-refractivity contribution in [2.75, 3.05) is 20.1 Å². The summed E-state index contributed by atoms with van der Waals surface area (Å²) in [5.41, 5.74) is 0. The van der Waals surface area contributed by atoms with Crippen molar-refractivity contribution in [2.45, 2.75) is 40.0 Å². The van der Waals surface area contributed by atoms with Gasteiger partial charge in [0.15, 0.2) is 0 Å². The Bertz CT molecular complexity index is 289. The van der Waals surface area contributed by atoms with Crippen LogP contribution in [0.15, 0.2) is 0 Å². The van der Waals surface area contributed by atoms with E-state index in [1.165, 1.54) is 19.4 Å². The molecule has 2 heteroatoms. The third-order valence-electron chi connectivity index (χ3n) is 4.75. The van der Waals surface area contributed by atoms with Crippen molar-refractivity contribution in [1.29, 1.82) is 0 Å². The summed E-state index contributed by atoms with van der Waals surface area (Å²) in [5, 5.41) is 0. The summed E-state index contributed by atoms with van der Waals surface area (Å²) in [4.78, 5) is 14.5. The number of Topliss-reactive ketones (excluding diaryl/α,β-unsaturated/α-hetero) is 1. The highest BCUT2D eigenvalue weighted by Crippen LogP contribution is 2.38. The molecular formula is C15H27NO. The molecule has 2 nitrogen and oxygen atoms in total. The van der Waals surface area contributed by atoms with Crippen LogP contribution in [0.5, 0.6) is 0 Å². The lowest BCUT2D eigenvalue weighted by atomic mass is 9.74. The molecule has 0 spiro atoms. The van der Waals surface area contributed by atoms with Gasteiger partial charge in [-0.2, -0.15) is 0 Å². The summed E-state index contributed by atoms with van der Waals surface area (Å²) in [7, 11) is 2.18. The molecule has 0 radical (unpaired) electrons. The van der Waals surface area contributed by atoms with Crippen LogP contribution in [0.2, 0.25) is 0 Å². The van der Waals surface area contributed by atoms with E-state index >= 15 is 0 Å². The van der Waals surface area contributed by atoms with E-state index in [4.69, 9.17) is 0 Å². The van der Waals surface area contributed by atoms with E-state index in [1.807, 2.05) is 0 Å². The molecule has 0 aromatic carbocycles. The number of hydrogen-bond acceptors (Lipinski definition) is 2. The van der Waals surface area contributed by atoms with Gasteiger partial charge < -0.3 is 4.90 Å². The monoisotopic (exact) mass is 237 g/mol. The Morgan fingerprint density at radius 2 is 1.76 bits per heavy atom. The molecule has 0 bridgehead atoms. The van der Waals surface area contributed by atoms with Gasteiger partial charge in [0, 0.05) is 25.4 Å². The average molecular weight is 237 g/mol. The fraction of sp³-hybridized carbons (Fsp3) is 0.933. The minimum absolute atomic E-state index is 0.297. The first-order valence-corrected chi connectivity index (χ1v) is 7.18. The van der Waals surface area contributed by atoms with E-state index in [0.29, 0.717) is 23.5 Å². The lowest BCUT2D eigenvalue weighted by Crippen LogP contribution is -2.39. The van der Waals surface area contributed by atoms with Crippen LogP contribution in [0.25, 0.3) is 0 Å². The predicted octanol–water partition coefficient (Wildman–Crippen LogP) is 2.83. The minimum atomic E-state index is 0.297. The van der Waals surface area contributed by atoms with Gasteiger partial charge in [-0.15, -0.1) is 0 Å². The lowest BCUT2D eigenvalue weighted by Gasteiger charge is -2.34. The number of carbonyl (C=O) groups is 1. The van der Waals surface area contributed by atoms with Crippen LogP contribution >= 0.6 is 0 Å². The quantitative estimate of drug-likeness (QED) is 0.749. The van der Waals surface area contributed by atoms with E-state index in [9.17, 15) is 4.79 Å². The van der Waals surface area contributed by atoms with Crippen LogP contribution in [-0.2, 0) is 4.79 Å². The minimum Gasteiger partial charge on any atom is -0.305 e. The van der Waals surface area contributed by atoms with Gasteiger partial charge in [-0.25, -0.2) is 0 Å². The molecule has 0 aromatic heterocycles. The molecule has 17 heavy (non-hydrogen) atoms. The van der Waals surface area contributed by atoms with Crippen molar-refractivity contribution in [3.05, 3.63) is 0 Å². The second-order valence-corrected chi connectivity index (χ2v) is 6.79. The third-order valence-corrected chi connectivity index (χ3v) is 4.75. The highest BCUT2D eigenvalue weighted by molar-refractivity contribution is 5.82. The molecule has 0 aromatic rings. The van der Waals surface area contributed by atoms with Crippen LogP contribution < -0.4 is 0 Å². The molecule has 2 fully saturated rings. The second-order valence-electron chi connectivity index (χ2n) is 6.79. The van der Waals surface area contributed by atoms with Crippen LogP contribution in [-0.4, -0.2) is 30.8 Å². The van der Waals surface area contributed by atoms with Crippen molar-refractivity contribution in [2.24, 2.45) is 29.6 Å². The van der Waals surface area contributed by atoms with E-state index in [1.54, 1.807) is 0 Å². The van der Waals surface area contributed by atoms with Gasteiger partial charge >= 0.3 is 0 Å². The van der Waals surface area contributed by atoms with Gasteiger partial charge in [0.1, 0.15) is 5.78 Å². The Labute approximate surface area is 106 Å². The number of hydrogen-bond donors (Lipinski definition) is 0. The SMILES string of the molecule is CC1CC(=O)C(CN(C)CC2CC2C)C(C)C1. The van der Waals surface area contributed by atoms with Crippen LogP contribution in [0.4, 0.5) is 0 Å². The Kier molecular flexibility index (Phi) is 3.92. The molecule has 0 amide bonds. The Morgan fingerprint density at radius 1 is 1.12 bits per heavy atom. The Balaban J connectivity index is 1.82. The van der Waals surface area contributed by atoms with Gasteiger partial charge in [0.25, 0.3) is 0 Å². The van der Waals surface area contributed by atoms with Gasteiger partial charge in [-0.1, -0.05) is 20.8 Å². The van der Waals surface area contributed by atoms with Crippen LogP contribution in [0, 0.1) is 29.6 Å². The van der Waals surface area contributed by atoms with Crippen molar-refractivity contribution in [3.8, 4) is 0 Å². The second kappa shape index (κ2) is 5.09. The maximum absolute atomic E-state index is 12.1. The van der Waals surface area contributed by atoms with Crippen molar-refractivity contribution in [1.82, 2.24) is 4.90 Å². The molecule has 0 aliphatic heterocycles. The summed E-state index contributed by atoms with van der Waals surface area (Å²) < 4.78 is 0. The van der Waals surface area contributed by atoms with E-state index in [2.05, 4.69) is 32.7 Å². The molecular weight excluding hydrogens is 210 g/mol. The molecule has 2 aliphatic carbocycles. The maximum atomic E-state index is 12.1. The van der Waals surface area contributed by atoms with Gasteiger partial charge in [0.05, 0.1) is 0 Å². The largest absolute Gasteiger partial charge is 0.305 e. The van der Waals surface area contributed by atoms with Crippen molar-refractivity contribution >= 4 is 5.78 Å². The zero-order valence-corrected chi connectivity index (χ0v) is 11.8. The number of nitrogens with zero attached hydrogens (tertiary/aromatic N) is 1. The number of ketones is 1. The zero-order valence-electron chi connectivity index (χ0n) is 11.8. The molecule has 2 rings (SSSR count). The maximum Gasteiger partial charge on any atom is 0.137 e. The van der Waals surface area contributed by atoms with Crippen molar-refractivity contribution < 1.29 is 4.79 Å². The fourth-order valence-corrected chi connectivity index (χ4v) is 3.44. The molecule has 2 saturated carbocycles. The van der Waals surface area contributed by atoms with Crippen LogP contribution in [0.3, 0.4) is 0 Å². The van der Waals surface area contributed by atoms with Crippen LogP contribution in [0.1, 0.15) is 40.0 Å². The summed E-state index contributed by atoms with van der Waals surface area (Å²) in [6.07, 6.45) is 3.42. The molecule has 5 unspecified atom stereocenters. The highest BCUT2D eigenvalue weighted by atomic mass is 16.1. The molecule has 2 aliphatic rings. The highest BCUT2D eigenvalue weighted by Gasteiger charge is 2.36. The standard InChI is InChI=1S/C15H27NO/c1-10-5-12(3)14(15(17)6-10)9-16(4)8-13-7-11(13)2/h10-14H,5-9H2,1-4H3. The number of carbonyl (C=O) groups excluding carboxylic acids is 1. The Hall–Kier alpha value is -0.370. The molecule has 0 saturated heterocycles. The van der Waals surface area contributed by atoms with Gasteiger partial charge in [-0.3, -0.25) is 4.79 Å². The molecule has 0 N–H and O–H groups in total. The Morgan fingerprint density at radius 3 is 2.29 bits per heavy atom. The predicted molar refractivity (Wildman–Crippen MR) is 70.8 cm³/mol. The fourth-order valence-electron chi connectivity index (χ4n) is 3.44. The molecule has 98 valence electrons. The average Bonchev–Trinajstić information content (AvgIpc) is 2.88. The van der Waals surface area contributed by atoms with Gasteiger partial charge in [-0.05, 0) is 43.6 Å². The van der Waals surface area contributed by atoms with E-state index in [0.717, 1.165) is 24.8 Å². The summed E-state index contributed by atoms with van der Waals surface area (Å²) in [6.45, 7) is 8.96. The van der Waals surface area contributed by atoms with E-state index in [-0.39, 0.29) is 0 Å². The number of rotatable bonds is 4. The first-order valence-electron chi connectivity index (χ1n) is 7.18. The summed E-state index contributed by atoms with van der Waals surface area (Å²) in [6, 6.07) is 0. The van der Waals surface area contributed by atoms with E-state index < -0.39 is 0 Å². The summed E-state index contributed by atoms with van der Waals surface area (Å²) >= 11 is 0. The summed E-state index contributed by atoms with van der Waals surface area (Å²) in [5.74, 6) is 3.79. The molecule has 0 heterocycles.